The molecule has 0 amide bonds. The summed E-state index contributed by atoms with van der Waals surface area (Å²) in [7, 11) is -4.33. The van der Waals surface area contributed by atoms with Crippen LogP contribution in [0, 0.1) is 0 Å². The summed E-state index contributed by atoms with van der Waals surface area (Å²) >= 11 is 0. The van der Waals surface area contributed by atoms with Crippen LogP contribution in [0.4, 0.5) is 11.8 Å². The van der Waals surface area contributed by atoms with Gasteiger partial charge in [0.15, 0.2) is 17.0 Å². The van der Waals surface area contributed by atoms with Crippen LogP contribution in [0.3, 0.4) is 0 Å². The van der Waals surface area contributed by atoms with Gasteiger partial charge in [-0.05, 0) is 0 Å². The van der Waals surface area contributed by atoms with Crippen molar-refractivity contribution in [3.63, 3.8) is 0 Å². The first-order chi connectivity index (χ1) is 9.80. The summed E-state index contributed by atoms with van der Waals surface area (Å²) in [5.74, 6) is -0.0133. The molecule has 0 unspecified atom stereocenters. The number of hydrogen-bond donors (Lipinski definition) is 5. The zero-order valence-corrected chi connectivity index (χ0v) is 11.6. The monoisotopic (exact) mass is 319 g/mol. The van der Waals surface area contributed by atoms with E-state index in [1.807, 2.05) is 0 Å². The van der Waals surface area contributed by atoms with Crippen molar-refractivity contribution < 1.29 is 24.2 Å². The lowest BCUT2D eigenvalue weighted by molar-refractivity contribution is 0.0179. The average molecular weight is 319 g/mol. The summed E-state index contributed by atoms with van der Waals surface area (Å²) in [6.45, 7) is -0.514. The summed E-state index contributed by atoms with van der Waals surface area (Å²) < 4.78 is 16.9. The van der Waals surface area contributed by atoms with E-state index in [1.165, 1.54) is 4.68 Å². The molecule has 0 aliphatic rings. The highest BCUT2D eigenvalue weighted by atomic mass is 31.2. The summed E-state index contributed by atoms with van der Waals surface area (Å²) in [5, 5.41) is 16.7. The van der Waals surface area contributed by atoms with Gasteiger partial charge in [-0.15, -0.1) is 5.10 Å². The van der Waals surface area contributed by atoms with Crippen LogP contribution in [0.15, 0.2) is 0 Å². The molecule has 116 valence electrons. The van der Waals surface area contributed by atoms with Gasteiger partial charge in [0.2, 0.25) is 5.95 Å². The van der Waals surface area contributed by atoms with Crippen LogP contribution in [0.1, 0.15) is 0 Å². The smallest absolute Gasteiger partial charge is 0.350 e. The molecule has 2 aromatic rings. The minimum absolute atomic E-state index is 0.0388. The molecular weight excluding hydrogens is 305 g/mol. The van der Waals surface area contributed by atoms with Gasteiger partial charge in [0.1, 0.15) is 12.5 Å². The normalized spacial score (nSPS) is 13.7. The molecule has 0 aromatic carbocycles. The Morgan fingerprint density at radius 1 is 1.33 bits per heavy atom. The van der Waals surface area contributed by atoms with Gasteiger partial charge in [0.25, 0.3) is 0 Å². The van der Waals surface area contributed by atoms with E-state index in [0.29, 0.717) is 0 Å². The van der Waals surface area contributed by atoms with Crippen molar-refractivity contribution in [2.45, 2.75) is 12.6 Å². The Morgan fingerprint density at radius 2 is 2.05 bits per heavy atom. The van der Waals surface area contributed by atoms with Crippen LogP contribution in [-0.2, 0) is 15.8 Å². The van der Waals surface area contributed by atoms with Crippen LogP contribution in [0.25, 0.3) is 11.2 Å². The van der Waals surface area contributed by atoms with Gasteiger partial charge in [0.05, 0.1) is 13.2 Å². The third-order valence-corrected chi connectivity index (χ3v) is 2.95. The van der Waals surface area contributed by atoms with Crippen LogP contribution < -0.4 is 11.5 Å². The number of fused-ring (bicyclic) bond motifs is 1. The lowest BCUT2D eigenvalue weighted by atomic mass is 10.4. The summed E-state index contributed by atoms with van der Waals surface area (Å²) in [5.41, 5.74) is 11.6. The lowest BCUT2D eigenvalue weighted by Crippen LogP contribution is -2.25. The van der Waals surface area contributed by atoms with Crippen molar-refractivity contribution in [3.8, 4) is 0 Å². The number of ether oxygens (including phenoxy) is 1. The Labute approximate surface area is 117 Å². The van der Waals surface area contributed by atoms with Crippen molar-refractivity contribution in [3.05, 3.63) is 0 Å². The molecule has 0 radical (unpaired) electrons. The van der Waals surface area contributed by atoms with Crippen molar-refractivity contribution >= 4 is 30.5 Å². The van der Waals surface area contributed by atoms with E-state index in [1.54, 1.807) is 0 Å². The number of hydrogen-bond acceptors (Lipinski definition) is 9. The molecule has 0 aliphatic carbocycles. The molecule has 1 atom stereocenters. The van der Waals surface area contributed by atoms with Crippen LogP contribution in [-0.4, -0.2) is 58.9 Å². The average Bonchev–Trinajstić information content (AvgIpc) is 2.76. The number of anilines is 2. The predicted octanol–water partition coefficient (Wildman–Crippen LogP) is -2.10. The summed E-state index contributed by atoms with van der Waals surface area (Å²) in [4.78, 5) is 25.2. The third kappa shape index (κ3) is 3.83. The summed E-state index contributed by atoms with van der Waals surface area (Å²) in [6.07, 6.45) is -1.72. The molecule has 2 rings (SSSR count). The second-order valence-electron chi connectivity index (χ2n) is 4.18. The molecule has 21 heavy (non-hydrogen) atoms. The zero-order valence-electron chi connectivity index (χ0n) is 10.7. The van der Waals surface area contributed by atoms with E-state index < -0.39 is 26.7 Å². The van der Waals surface area contributed by atoms with Gasteiger partial charge < -0.3 is 31.1 Å². The highest BCUT2D eigenvalue weighted by molar-refractivity contribution is 7.51. The van der Waals surface area contributed by atoms with Gasteiger partial charge in [-0.25, -0.2) is 4.68 Å². The minimum Gasteiger partial charge on any atom is -0.394 e. The third-order valence-electron chi connectivity index (χ3n) is 2.47. The molecule has 0 fully saturated rings. The Kier molecular flexibility index (Phi) is 4.34. The van der Waals surface area contributed by atoms with Crippen molar-refractivity contribution in [2.24, 2.45) is 0 Å². The number of aromatic nitrogens is 5. The predicted molar refractivity (Wildman–Crippen MR) is 70.8 cm³/mol. The quantitative estimate of drug-likeness (QED) is 0.365. The van der Waals surface area contributed by atoms with Gasteiger partial charge in [-0.2, -0.15) is 9.97 Å². The molecule has 2 aromatic heterocycles. The molecule has 12 nitrogen and oxygen atoms in total. The Bertz CT molecular complexity index is 685. The van der Waals surface area contributed by atoms with Crippen molar-refractivity contribution in [1.29, 1.82) is 0 Å². The molecule has 2 heterocycles. The Morgan fingerprint density at radius 3 is 2.67 bits per heavy atom. The second-order valence-corrected chi connectivity index (χ2v) is 5.76. The van der Waals surface area contributed by atoms with Crippen molar-refractivity contribution in [1.82, 2.24) is 25.0 Å². The fourth-order valence-electron chi connectivity index (χ4n) is 1.58. The standard InChI is InChI=1S/C8H14N7O5P/c9-6-5-7(12-8(10)11-6)15(14-13-5)1-4(2-16)20-3-21(17,18)19/h4,16H,1-3H2,(H2,17,18,19)(H4,9,10,11,12)/t4-/m0/s1. The maximum Gasteiger partial charge on any atom is 0.350 e. The van der Waals surface area contributed by atoms with Gasteiger partial charge in [-0.1, -0.05) is 5.21 Å². The zero-order chi connectivity index (χ0) is 15.6. The Balaban J connectivity index is 2.20. The number of nitrogens with two attached hydrogens (primary N) is 2. The summed E-state index contributed by atoms with van der Waals surface area (Å²) in [6, 6.07) is 0. The fraction of sp³-hybridized carbons (Fsp3) is 0.500. The van der Waals surface area contributed by atoms with Crippen LogP contribution in [0.5, 0.6) is 0 Å². The topological polar surface area (TPSA) is 196 Å². The first-order valence-electron chi connectivity index (χ1n) is 5.69. The van der Waals surface area contributed by atoms with E-state index in [9.17, 15) is 9.67 Å². The number of aliphatic hydroxyl groups excluding tert-OH is 1. The highest BCUT2D eigenvalue weighted by Gasteiger charge is 2.20. The molecular formula is C8H14N7O5P. The first kappa shape index (κ1) is 15.5. The van der Waals surface area contributed by atoms with E-state index in [0.717, 1.165) is 0 Å². The number of rotatable bonds is 6. The van der Waals surface area contributed by atoms with E-state index in [2.05, 4.69) is 20.3 Å². The van der Waals surface area contributed by atoms with Gasteiger partial charge >= 0.3 is 7.60 Å². The van der Waals surface area contributed by atoms with Crippen LogP contribution in [0.2, 0.25) is 0 Å². The Hall–Kier alpha value is -1.85. The van der Waals surface area contributed by atoms with Crippen molar-refractivity contribution in [2.75, 3.05) is 24.4 Å². The van der Waals surface area contributed by atoms with E-state index in [4.69, 9.17) is 26.0 Å². The van der Waals surface area contributed by atoms with E-state index >= 15 is 0 Å². The number of nitrogens with zero attached hydrogens (tertiary/aromatic N) is 5. The largest absolute Gasteiger partial charge is 0.394 e. The molecule has 0 spiro atoms. The molecule has 0 bridgehead atoms. The number of aliphatic hydroxyl groups is 1. The molecule has 0 saturated heterocycles. The molecule has 0 aliphatic heterocycles. The fourth-order valence-corrected chi connectivity index (χ4v) is 1.98. The first-order valence-corrected chi connectivity index (χ1v) is 7.49. The van der Waals surface area contributed by atoms with Gasteiger partial charge in [0, 0.05) is 0 Å². The van der Waals surface area contributed by atoms with E-state index in [-0.39, 0.29) is 29.5 Å². The highest BCUT2D eigenvalue weighted by Crippen LogP contribution is 2.34. The molecule has 13 heteroatoms. The molecule has 7 N–H and O–H groups in total. The maximum absolute atomic E-state index is 10.8. The minimum atomic E-state index is -4.33. The SMILES string of the molecule is Nc1nc(N)c2nnn(C[C@@H](CO)OCP(=O)(O)O)c2n1. The second kappa shape index (κ2) is 5.87. The lowest BCUT2D eigenvalue weighted by Gasteiger charge is -2.15. The van der Waals surface area contributed by atoms with Gasteiger partial charge in [-0.3, -0.25) is 4.57 Å². The number of nitrogen functional groups attached to an aromatic ring is 2. The van der Waals surface area contributed by atoms with Crippen LogP contribution >= 0.6 is 7.60 Å². The maximum atomic E-state index is 10.8. The molecule has 0 saturated carbocycles.